The predicted molar refractivity (Wildman–Crippen MR) is 98.4 cm³/mol. The van der Waals surface area contributed by atoms with E-state index in [4.69, 9.17) is 8.92 Å². The maximum Gasteiger partial charge on any atom is 0.340 e. The van der Waals surface area contributed by atoms with E-state index in [1.54, 1.807) is 47.9 Å². The first-order valence-electron chi connectivity index (χ1n) is 8.20. The molecule has 3 aromatic rings. The van der Waals surface area contributed by atoms with Crippen molar-refractivity contribution in [1.29, 1.82) is 0 Å². The average Bonchev–Trinajstić information content (AvgIpc) is 2.99. The molecule has 0 bridgehead atoms. The maximum absolute atomic E-state index is 13.3. The molecule has 142 valence electrons. The van der Waals surface area contributed by atoms with Crippen LogP contribution in [0.2, 0.25) is 0 Å². The summed E-state index contributed by atoms with van der Waals surface area (Å²) in [6, 6.07) is 10.9. The smallest absolute Gasteiger partial charge is 0.340 e. The third-order valence-electron chi connectivity index (χ3n) is 3.89. The van der Waals surface area contributed by atoms with Gasteiger partial charge in [0, 0.05) is 11.7 Å². The molecule has 0 saturated carbocycles. The number of ether oxygens (including phenoxy) is 1. The number of fused-ring (bicyclic) bond motifs is 1. The first-order chi connectivity index (χ1) is 12.8. The Balaban J connectivity index is 2.11. The molecule has 0 aliphatic carbocycles. The molecular formula is C19H18FNO5S. The van der Waals surface area contributed by atoms with Crippen LogP contribution in [-0.4, -0.2) is 31.7 Å². The molecule has 27 heavy (non-hydrogen) atoms. The predicted octanol–water partition coefficient (Wildman–Crippen LogP) is 3.40. The Morgan fingerprint density at radius 1 is 1.15 bits per heavy atom. The first kappa shape index (κ1) is 19.1. The minimum absolute atomic E-state index is 0.110. The second-order valence-corrected chi connectivity index (χ2v) is 7.57. The highest BCUT2D eigenvalue weighted by Gasteiger charge is 2.20. The van der Waals surface area contributed by atoms with Crippen molar-refractivity contribution in [3.63, 3.8) is 0 Å². The van der Waals surface area contributed by atoms with E-state index in [1.165, 1.54) is 12.1 Å². The van der Waals surface area contributed by atoms with E-state index < -0.39 is 16.1 Å². The molecule has 0 atom stereocenters. The Kier molecular flexibility index (Phi) is 5.29. The van der Waals surface area contributed by atoms with Gasteiger partial charge in [0.05, 0.1) is 30.7 Å². The van der Waals surface area contributed by atoms with Crippen LogP contribution in [0.3, 0.4) is 0 Å². The third-order valence-corrected chi connectivity index (χ3v) is 4.44. The fraction of sp³-hybridized carbons (Fsp3) is 0.211. The molecule has 0 saturated heterocycles. The molecule has 2 aromatic heterocycles. The van der Waals surface area contributed by atoms with Gasteiger partial charge in [-0.3, -0.25) is 4.18 Å². The zero-order chi connectivity index (χ0) is 19.6. The summed E-state index contributed by atoms with van der Waals surface area (Å²) in [5.74, 6) is -0.869. The molecule has 0 unspecified atom stereocenters. The molecule has 2 heterocycles. The summed E-state index contributed by atoms with van der Waals surface area (Å²) in [6.07, 6.45) is 2.69. The SMILES string of the molecule is CCOC(=O)c1cc2cc(COS(C)(=O)=O)ccn2c1-c1ccc(F)cc1. The summed E-state index contributed by atoms with van der Waals surface area (Å²) in [7, 11) is -3.56. The fourth-order valence-electron chi connectivity index (χ4n) is 2.76. The Bertz CT molecular complexity index is 1090. The largest absolute Gasteiger partial charge is 0.462 e. The number of nitrogens with zero attached hydrogens (tertiary/aromatic N) is 1. The molecule has 0 aliphatic rings. The zero-order valence-corrected chi connectivity index (χ0v) is 15.6. The lowest BCUT2D eigenvalue weighted by Gasteiger charge is -2.08. The minimum Gasteiger partial charge on any atom is -0.462 e. The van der Waals surface area contributed by atoms with Gasteiger partial charge in [-0.25, -0.2) is 9.18 Å². The summed E-state index contributed by atoms with van der Waals surface area (Å²) in [5.41, 5.74) is 2.85. The quantitative estimate of drug-likeness (QED) is 0.476. The normalized spacial score (nSPS) is 11.7. The molecule has 0 amide bonds. The summed E-state index contributed by atoms with van der Waals surface area (Å²) >= 11 is 0. The lowest BCUT2D eigenvalue weighted by molar-refractivity contribution is 0.0527. The number of hydrogen-bond donors (Lipinski definition) is 0. The number of pyridine rings is 1. The van der Waals surface area contributed by atoms with Gasteiger partial charge in [-0.2, -0.15) is 8.42 Å². The van der Waals surface area contributed by atoms with Crippen molar-refractivity contribution in [2.24, 2.45) is 0 Å². The Morgan fingerprint density at radius 3 is 2.48 bits per heavy atom. The van der Waals surface area contributed by atoms with Gasteiger partial charge < -0.3 is 9.14 Å². The van der Waals surface area contributed by atoms with E-state index in [9.17, 15) is 17.6 Å². The Labute approximate surface area is 156 Å². The first-order valence-corrected chi connectivity index (χ1v) is 10.0. The fourth-order valence-corrected chi connectivity index (χ4v) is 3.11. The monoisotopic (exact) mass is 391 g/mol. The summed E-state index contributed by atoms with van der Waals surface area (Å²) in [6.45, 7) is 1.83. The molecule has 0 spiro atoms. The van der Waals surface area contributed by atoms with Crippen molar-refractivity contribution in [3.8, 4) is 11.3 Å². The van der Waals surface area contributed by atoms with Crippen LogP contribution in [0.4, 0.5) is 4.39 Å². The summed E-state index contributed by atoms with van der Waals surface area (Å²) < 4.78 is 47.4. The highest BCUT2D eigenvalue weighted by molar-refractivity contribution is 7.85. The van der Waals surface area contributed by atoms with E-state index >= 15 is 0 Å². The lowest BCUT2D eigenvalue weighted by atomic mass is 10.1. The maximum atomic E-state index is 13.3. The van der Waals surface area contributed by atoms with Crippen molar-refractivity contribution >= 4 is 21.6 Å². The average molecular weight is 391 g/mol. The van der Waals surface area contributed by atoms with Gasteiger partial charge in [-0.15, -0.1) is 0 Å². The van der Waals surface area contributed by atoms with Crippen LogP contribution in [-0.2, 0) is 25.6 Å². The van der Waals surface area contributed by atoms with Crippen molar-refractivity contribution in [2.75, 3.05) is 12.9 Å². The second-order valence-electron chi connectivity index (χ2n) is 5.93. The molecule has 0 radical (unpaired) electrons. The Hall–Kier alpha value is -2.71. The molecule has 1 aromatic carbocycles. The standard InChI is InChI=1S/C19H18FNO5S/c1-3-25-19(22)17-11-16-10-13(12-26-27(2,23)24)8-9-21(16)18(17)14-4-6-15(20)7-5-14/h4-11H,3,12H2,1-2H3. The van der Waals surface area contributed by atoms with E-state index in [0.717, 1.165) is 6.26 Å². The number of benzene rings is 1. The molecule has 8 heteroatoms. The van der Waals surface area contributed by atoms with Gasteiger partial charge in [0.1, 0.15) is 5.82 Å². The van der Waals surface area contributed by atoms with Gasteiger partial charge in [-0.05, 0) is 60.5 Å². The van der Waals surface area contributed by atoms with Crippen LogP contribution in [0.25, 0.3) is 16.8 Å². The van der Waals surface area contributed by atoms with Crippen LogP contribution in [0.15, 0.2) is 48.7 Å². The minimum atomic E-state index is -3.56. The summed E-state index contributed by atoms with van der Waals surface area (Å²) in [5, 5.41) is 0. The van der Waals surface area contributed by atoms with Gasteiger partial charge >= 0.3 is 5.97 Å². The second kappa shape index (κ2) is 7.50. The van der Waals surface area contributed by atoms with Gasteiger partial charge in [-0.1, -0.05) is 0 Å². The van der Waals surface area contributed by atoms with Crippen molar-refractivity contribution in [3.05, 3.63) is 65.6 Å². The lowest BCUT2D eigenvalue weighted by Crippen LogP contribution is -2.05. The van der Waals surface area contributed by atoms with Crippen molar-refractivity contribution < 1.29 is 26.5 Å². The van der Waals surface area contributed by atoms with Gasteiger partial charge in [0.2, 0.25) is 0 Å². The van der Waals surface area contributed by atoms with Crippen molar-refractivity contribution in [1.82, 2.24) is 4.40 Å². The topological polar surface area (TPSA) is 74.1 Å². The van der Waals surface area contributed by atoms with E-state index in [-0.39, 0.29) is 19.0 Å². The zero-order valence-electron chi connectivity index (χ0n) is 14.8. The Morgan fingerprint density at radius 2 is 1.85 bits per heavy atom. The molecular weight excluding hydrogens is 373 g/mol. The number of carbonyl (C=O) groups is 1. The number of hydrogen-bond acceptors (Lipinski definition) is 5. The highest BCUT2D eigenvalue weighted by Crippen LogP contribution is 2.29. The van der Waals surface area contributed by atoms with Gasteiger partial charge in [0.25, 0.3) is 10.1 Å². The van der Waals surface area contributed by atoms with Crippen LogP contribution in [0.1, 0.15) is 22.8 Å². The molecule has 3 rings (SSSR count). The van der Waals surface area contributed by atoms with E-state index in [0.29, 0.717) is 27.9 Å². The highest BCUT2D eigenvalue weighted by atomic mass is 32.2. The number of rotatable bonds is 6. The van der Waals surface area contributed by atoms with Crippen LogP contribution in [0.5, 0.6) is 0 Å². The molecule has 0 fully saturated rings. The van der Waals surface area contributed by atoms with Crippen molar-refractivity contribution in [2.45, 2.75) is 13.5 Å². The number of halogens is 1. The number of esters is 1. The number of carbonyl (C=O) groups excluding carboxylic acids is 1. The molecule has 0 N–H and O–H groups in total. The van der Waals surface area contributed by atoms with Crippen LogP contribution >= 0.6 is 0 Å². The summed E-state index contributed by atoms with van der Waals surface area (Å²) in [4.78, 5) is 12.4. The van der Waals surface area contributed by atoms with E-state index in [2.05, 4.69) is 0 Å². The molecule has 0 aliphatic heterocycles. The number of aromatic nitrogens is 1. The van der Waals surface area contributed by atoms with Crippen LogP contribution < -0.4 is 0 Å². The van der Waals surface area contributed by atoms with Crippen LogP contribution in [0, 0.1) is 5.82 Å². The third kappa shape index (κ3) is 4.35. The molecule has 6 nitrogen and oxygen atoms in total. The van der Waals surface area contributed by atoms with E-state index in [1.807, 2.05) is 0 Å². The van der Waals surface area contributed by atoms with Gasteiger partial charge in [0.15, 0.2) is 0 Å².